The van der Waals surface area contributed by atoms with Crippen molar-refractivity contribution in [2.45, 2.75) is 24.1 Å². The third-order valence-corrected chi connectivity index (χ3v) is 5.81. The number of rotatable bonds is 6. The zero-order valence-electron chi connectivity index (χ0n) is 16.9. The minimum absolute atomic E-state index is 0.141. The van der Waals surface area contributed by atoms with Gasteiger partial charge in [0.15, 0.2) is 16.7 Å². The summed E-state index contributed by atoms with van der Waals surface area (Å²) in [6, 6.07) is 12.8. The van der Waals surface area contributed by atoms with Crippen molar-refractivity contribution in [3.8, 4) is 11.5 Å². The smallest absolute Gasteiger partial charge is 0.257 e. The molecular formula is C22H20ClN3O4S. The SMILES string of the molecule is COc1cc(C2CC(=O)Nc3nc(SC)[nH]c(=O)c32)ccc1OCc1cccc(Cl)c1. The minimum atomic E-state index is -0.438. The van der Waals surface area contributed by atoms with E-state index < -0.39 is 5.92 Å². The Balaban J connectivity index is 1.65. The van der Waals surface area contributed by atoms with Crippen LogP contribution in [0.25, 0.3) is 0 Å². The maximum absolute atomic E-state index is 12.7. The van der Waals surface area contributed by atoms with Crippen LogP contribution in [0.4, 0.5) is 5.82 Å². The monoisotopic (exact) mass is 457 g/mol. The summed E-state index contributed by atoms with van der Waals surface area (Å²) < 4.78 is 11.4. The molecule has 7 nitrogen and oxygen atoms in total. The van der Waals surface area contributed by atoms with Crippen LogP contribution >= 0.6 is 23.4 Å². The summed E-state index contributed by atoms with van der Waals surface area (Å²) in [6.45, 7) is 0.325. The summed E-state index contributed by atoms with van der Waals surface area (Å²) >= 11 is 7.33. The lowest BCUT2D eigenvalue weighted by molar-refractivity contribution is -0.116. The fourth-order valence-corrected chi connectivity index (χ4v) is 4.13. The Labute approximate surface area is 188 Å². The highest BCUT2D eigenvalue weighted by atomic mass is 35.5. The number of nitrogens with one attached hydrogen (secondary N) is 2. The molecule has 1 atom stereocenters. The number of carbonyl (C=O) groups excluding carboxylic acids is 1. The molecule has 4 rings (SSSR count). The van der Waals surface area contributed by atoms with Crippen molar-refractivity contribution in [2.75, 3.05) is 18.7 Å². The van der Waals surface area contributed by atoms with Gasteiger partial charge in [-0.15, -0.1) is 0 Å². The molecule has 1 aliphatic heterocycles. The quantitative estimate of drug-likeness (QED) is 0.425. The van der Waals surface area contributed by atoms with E-state index in [0.717, 1.165) is 11.1 Å². The highest BCUT2D eigenvalue weighted by Gasteiger charge is 2.31. The van der Waals surface area contributed by atoms with Gasteiger partial charge in [-0.05, 0) is 41.6 Å². The molecule has 9 heteroatoms. The van der Waals surface area contributed by atoms with E-state index in [9.17, 15) is 9.59 Å². The predicted molar refractivity (Wildman–Crippen MR) is 121 cm³/mol. The van der Waals surface area contributed by atoms with Gasteiger partial charge >= 0.3 is 0 Å². The van der Waals surface area contributed by atoms with Crippen LogP contribution in [0.1, 0.15) is 29.0 Å². The molecular weight excluding hydrogens is 438 g/mol. The third-order valence-electron chi connectivity index (χ3n) is 5.00. The number of amides is 1. The lowest BCUT2D eigenvalue weighted by Gasteiger charge is -2.25. The van der Waals surface area contributed by atoms with Crippen LogP contribution in [-0.4, -0.2) is 29.2 Å². The number of thioether (sulfide) groups is 1. The van der Waals surface area contributed by atoms with Crippen LogP contribution in [0.5, 0.6) is 11.5 Å². The van der Waals surface area contributed by atoms with Gasteiger partial charge in [0.1, 0.15) is 12.4 Å². The van der Waals surface area contributed by atoms with Crippen LogP contribution in [0.15, 0.2) is 52.4 Å². The van der Waals surface area contributed by atoms with Crippen LogP contribution in [0.3, 0.4) is 0 Å². The number of ether oxygens (including phenoxy) is 2. The predicted octanol–water partition coefficient (Wildman–Crippen LogP) is 4.21. The van der Waals surface area contributed by atoms with Crippen LogP contribution in [0, 0.1) is 0 Å². The zero-order chi connectivity index (χ0) is 22.0. The number of carbonyl (C=O) groups is 1. The van der Waals surface area contributed by atoms with E-state index in [1.54, 1.807) is 31.6 Å². The van der Waals surface area contributed by atoms with E-state index in [-0.39, 0.29) is 17.9 Å². The molecule has 3 aromatic rings. The lowest BCUT2D eigenvalue weighted by atomic mass is 9.86. The Hall–Kier alpha value is -2.97. The summed E-state index contributed by atoms with van der Waals surface area (Å²) in [7, 11) is 1.55. The van der Waals surface area contributed by atoms with E-state index in [1.807, 2.05) is 24.3 Å². The number of hydrogen-bond acceptors (Lipinski definition) is 6. The Morgan fingerprint density at radius 3 is 2.77 bits per heavy atom. The first-order valence-corrected chi connectivity index (χ1v) is 11.1. The fourth-order valence-electron chi connectivity index (χ4n) is 3.54. The second-order valence-electron chi connectivity index (χ2n) is 6.97. The molecule has 1 unspecified atom stereocenters. The van der Waals surface area contributed by atoms with Gasteiger partial charge in [-0.1, -0.05) is 41.6 Å². The molecule has 1 amide bonds. The molecule has 160 valence electrons. The molecule has 0 fully saturated rings. The van der Waals surface area contributed by atoms with Crippen molar-refractivity contribution < 1.29 is 14.3 Å². The first kappa shape index (κ1) is 21.3. The molecule has 0 aliphatic carbocycles. The van der Waals surface area contributed by atoms with Crippen molar-refractivity contribution in [1.82, 2.24) is 9.97 Å². The van der Waals surface area contributed by atoms with E-state index >= 15 is 0 Å². The first-order valence-electron chi connectivity index (χ1n) is 9.51. The average Bonchev–Trinajstić information content (AvgIpc) is 2.76. The van der Waals surface area contributed by atoms with Gasteiger partial charge in [0, 0.05) is 17.4 Å². The number of benzene rings is 2. The number of hydrogen-bond donors (Lipinski definition) is 2. The second-order valence-corrected chi connectivity index (χ2v) is 8.20. The van der Waals surface area contributed by atoms with Crippen molar-refractivity contribution in [1.29, 1.82) is 0 Å². The lowest BCUT2D eigenvalue weighted by Crippen LogP contribution is -2.31. The second kappa shape index (κ2) is 9.03. The Bertz CT molecular complexity index is 1200. The van der Waals surface area contributed by atoms with Crippen molar-refractivity contribution in [3.63, 3.8) is 0 Å². The highest BCUT2D eigenvalue weighted by Crippen LogP contribution is 2.38. The molecule has 2 aromatic carbocycles. The van der Waals surface area contributed by atoms with Gasteiger partial charge in [-0.3, -0.25) is 9.59 Å². The van der Waals surface area contributed by atoms with Crippen molar-refractivity contribution >= 4 is 35.1 Å². The summed E-state index contributed by atoms with van der Waals surface area (Å²) in [4.78, 5) is 32.1. The van der Waals surface area contributed by atoms with Crippen LogP contribution < -0.4 is 20.3 Å². The van der Waals surface area contributed by atoms with Gasteiger partial charge in [-0.25, -0.2) is 4.98 Å². The Morgan fingerprint density at radius 2 is 2.03 bits per heavy atom. The van der Waals surface area contributed by atoms with Crippen LogP contribution in [0.2, 0.25) is 5.02 Å². The fraction of sp³-hybridized carbons (Fsp3) is 0.227. The molecule has 0 saturated carbocycles. The van der Waals surface area contributed by atoms with Gasteiger partial charge in [0.05, 0.1) is 12.7 Å². The van der Waals surface area contributed by atoms with Crippen molar-refractivity contribution in [2.24, 2.45) is 0 Å². The first-order chi connectivity index (χ1) is 15.0. The number of H-pyrrole nitrogens is 1. The standard InChI is InChI=1S/C22H20ClN3O4S/c1-29-17-9-13(6-7-16(17)30-11-12-4-3-5-14(23)8-12)15-10-18(27)24-20-19(15)21(28)26-22(25-20)31-2/h3-9,15H,10-11H2,1-2H3,(H2,24,25,26,27,28). The largest absolute Gasteiger partial charge is 0.493 e. The maximum Gasteiger partial charge on any atom is 0.257 e. The molecule has 2 N–H and O–H groups in total. The van der Waals surface area contributed by atoms with Gasteiger partial charge < -0.3 is 19.8 Å². The van der Waals surface area contributed by atoms with E-state index in [1.165, 1.54) is 11.8 Å². The normalized spacial score (nSPS) is 15.2. The number of methoxy groups -OCH3 is 1. The molecule has 0 radical (unpaired) electrons. The van der Waals surface area contributed by atoms with Gasteiger partial charge in [0.25, 0.3) is 5.56 Å². The number of anilines is 1. The molecule has 2 heterocycles. The van der Waals surface area contributed by atoms with Crippen LogP contribution in [-0.2, 0) is 11.4 Å². The Morgan fingerprint density at radius 1 is 1.19 bits per heavy atom. The summed E-state index contributed by atoms with van der Waals surface area (Å²) in [6.07, 6.45) is 1.95. The van der Waals surface area contributed by atoms with E-state index in [2.05, 4.69) is 15.3 Å². The van der Waals surface area contributed by atoms with Gasteiger partial charge in [-0.2, -0.15) is 0 Å². The molecule has 31 heavy (non-hydrogen) atoms. The zero-order valence-corrected chi connectivity index (χ0v) is 18.5. The molecule has 1 aromatic heterocycles. The number of fused-ring (bicyclic) bond motifs is 1. The number of aromatic amines is 1. The topological polar surface area (TPSA) is 93.3 Å². The average molecular weight is 458 g/mol. The number of aromatic nitrogens is 2. The molecule has 0 saturated heterocycles. The van der Waals surface area contributed by atoms with E-state index in [0.29, 0.717) is 39.7 Å². The number of nitrogens with zero attached hydrogens (tertiary/aromatic N) is 1. The van der Waals surface area contributed by atoms with E-state index in [4.69, 9.17) is 21.1 Å². The number of halogens is 1. The molecule has 0 bridgehead atoms. The maximum atomic E-state index is 12.7. The highest BCUT2D eigenvalue weighted by molar-refractivity contribution is 7.98. The third kappa shape index (κ3) is 4.55. The minimum Gasteiger partial charge on any atom is -0.493 e. The van der Waals surface area contributed by atoms with Gasteiger partial charge in [0.2, 0.25) is 5.91 Å². The molecule has 1 aliphatic rings. The van der Waals surface area contributed by atoms with Crippen molar-refractivity contribution in [3.05, 3.63) is 74.5 Å². The Kier molecular flexibility index (Phi) is 6.20. The summed E-state index contributed by atoms with van der Waals surface area (Å²) in [5.41, 5.74) is 1.87. The summed E-state index contributed by atoms with van der Waals surface area (Å²) in [5.74, 6) is 0.734. The molecule has 0 spiro atoms. The summed E-state index contributed by atoms with van der Waals surface area (Å²) in [5, 5.41) is 3.80.